The molecule has 0 aliphatic rings. The highest BCUT2D eigenvalue weighted by Crippen LogP contribution is 2.18. The fraction of sp³-hybridized carbons (Fsp3) is 0. The lowest BCUT2D eigenvalue weighted by molar-refractivity contribution is 0.110. The summed E-state index contributed by atoms with van der Waals surface area (Å²) in [6, 6.07) is 7.24. The third-order valence-corrected chi connectivity index (χ3v) is 2.30. The second-order valence-electron chi connectivity index (χ2n) is 2.45. The Hall–Kier alpha value is -0.840. The summed E-state index contributed by atoms with van der Waals surface area (Å²) in [5.74, 6) is 0. The maximum atomic E-state index is 11.0. The van der Waals surface area contributed by atoms with Gasteiger partial charge in [0.2, 0.25) is 3.79 Å². The van der Waals surface area contributed by atoms with Crippen LogP contribution in [0.4, 0.5) is 0 Å². The molecular formula is C9H5IO2. The number of fused-ring (bicyclic) bond motifs is 1. The molecule has 0 amide bonds. The summed E-state index contributed by atoms with van der Waals surface area (Å²) in [4.78, 5) is 11.0. The van der Waals surface area contributed by atoms with Crippen molar-refractivity contribution in [2.24, 2.45) is 0 Å². The summed E-state index contributed by atoms with van der Waals surface area (Å²) in [6.45, 7) is 0. The van der Waals surface area contributed by atoms with Crippen LogP contribution in [0.5, 0.6) is 0 Å². The Kier molecular flexibility index (Phi) is 1.88. The molecule has 0 aliphatic carbocycles. The van der Waals surface area contributed by atoms with Gasteiger partial charge in [0.15, 0.2) is 0 Å². The molecule has 0 saturated heterocycles. The Morgan fingerprint density at radius 2 is 2.17 bits per heavy atom. The minimum absolute atomic E-state index is 0.0516. The Morgan fingerprint density at radius 3 is 2.92 bits per heavy atom. The Bertz CT molecular complexity index is 431. The lowest BCUT2D eigenvalue weighted by Gasteiger charge is -1.92. The maximum Gasteiger partial charge on any atom is 0.222 e. The van der Waals surface area contributed by atoms with Crippen molar-refractivity contribution in [1.82, 2.24) is 0 Å². The lowest BCUT2D eigenvalue weighted by Crippen LogP contribution is -1.85. The van der Waals surface area contributed by atoms with Crippen LogP contribution < -0.4 is 0 Å². The Labute approximate surface area is 82.7 Å². The Balaban J connectivity index is 2.68. The summed E-state index contributed by atoms with van der Waals surface area (Å²) in [5.41, 5.74) is 1.53. The molecule has 60 valence electrons. The average Bonchev–Trinajstić information content (AvgIpc) is 2.49. The first-order valence-electron chi connectivity index (χ1n) is 3.44. The van der Waals surface area contributed by atoms with Gasteiger partial charge in [-0.3, -0.25) is 4.79 Å². The molecule has 3 heteroatoms. The predicted molar refractivity (Wildman–Crippen MR) is 54.6 cm³/mol. The topological polar surface area (TPSA) is 30.2 Å². The van der Waals surface area contributed by atoms with Crippen molar-refractivity contribution in [3.8, 4) is 0 Å². The van der Waals surface area contributed by atoms with Crippen molar-refractivity contribution in [3.63, 3.8) is 0 Å². The van der Waals surface area contributed by atoms with Crippen LogP contribution in [0.2, 0.25) is 0 Å². The standard InChI is InChI=1S/C9H5IO2/c10-9(11)7-1-2-8-6(5-7)3-4-12-8/h1-5H. The molecule has 0 radical (unpaired) electrons. The monoisotopic (exact) mass is 272 g/mol. The molecular weight excluding hydrogens is 267 g/mol. The first-order valence-corrected chi connectivity index (χ1v) is 4.52. The first kappa shape index (κ1) is 7.79. The van der Waals surface area contributed by atoms with E-state index >= 15 is 0 Å². The molecule has 2 rings (SSSR count). The summed E-state index contributed by atoms with van der Waals surface area (Å²) < 4.78 is 5.19. The lowest BCUT2D eigenvalue weighted by atomic mass is 10.2. The van der Waals surface area contributed by atoms with Gasteiger partial charge in [-0.2, -0.15) is 0 Å². The second kappa shape index (κ2) is 2.90. The maximum absolute atomic E-state index is 11.0. The van der Waals surface area contributed by atoms with E-state index in [9.17, 15) is 4.79 Å². The van der Waals surface area contributed by atoms with Crippen LogP contribution >= 0.6 is 22.6 Å². The fourth-order valence-electron chi connectivity index (χ4n) is 1.09. The molecule has 1 aromatic heterocycles. The average molecular weight is 272 g/mol. The van der Waals surface area contributed by atoms with E-state index in [0.29, 0.717) is 5.56 Å². The van der Waals surface area contributed by atoms with Gasteiger partial charge in [-0.1, -0.05) is 0 Å². The van der Waals surface area contributed by atoms with Crippen molar-refractivity contribution in [2.45, 2.75) is 0 Å². The first-order chi connectivity index (χ1) is 5.77. The molecule has 0 N–H and O–H groups in total. The number of halogens is 1. The second-order valence-corrected chi connectivity index (χ2v) is 3.43. The van der Waals surface area contributed by atoms with Gasteiger partial charge in [-0.25, -0.2) is 0 Å². The van der Waals surface area contributed by atoms with E-state index in [1.807, 2.05) is 12.1 Å². The number of rotatable bonds is 1. The van der Waals surface area contributed by atoms with Gasteiger partial charge in [0.1, 0.15) is 5.58 Å². The highest BCUT2D eigenvalue weighted by Gasteiger charge is 2.02. The quantitative estimate of drug-likeness (QED) is 0.590. The smallest absolute Gasteiger partial charge is 0.222 e. The highest BCUT2D eigenvalue weighted by atomic mass is 127. The molecule has 0 atom stereocenters. The highest BCUT2D eigenvalue weighted by molar-refractivity contribution is 14.1. The van der Waals surface area contributed by atoms with Crippen molar-refractivity contribution in [1.29, 1.82) is 0 Å². The third kappa shape index (κ3) is 1.24. The number of hydrogen-bond acceptors (Lipinski definition) is 2. The summed E-state index contributed by atoms with van der Waals surface area (Å²) >= 11 is 1.77. The van der Waals surface area contributed by atoms with Crippen LogP contribution in [0, 0.1) is 0 Å². The summed E-state index contributed by atoms with van der Waals surface area (Å²) in [5, 5.41) is 0.970. The molecule has 0 bridgehead atoms. The van der Waals surface area contributed by atoms with Gasteiger partial charge in [0.25, 0.3) is 0 Å². The van der Waals surface area contributed by atoms with Gasteiger partial charge in [-0.05, 0) is 24.3 Å². The fourth-order valence-corrected chi connectivity index (χ4v) is 1.42. The molecule has 0 saturated carbocycles. The van der Waals surface area contributed by atoms with Gasteiger partial charge >= 0.3 is 0 Å². The minimum Gasteiger partial charge on any atom is -0.464 e. The number of furan rings is 1. The van der Waals surface area contributed by atoms with E-state index in [1.165, 1.54) is 0 Å². The molecule has 1 heterocycles. The molecule has 2 aromatic rings. The van der Waals surface area contributed by atoms with Gasteiger partial charge in [-0.15, -0.1) is 0 Å². The van der Waals surface area contributed by atoms with E-state index in [4.69, 9.17) is 4.42 Å². The van der Waals surface area contributed by atoms with Gasteiger partial charge < -0.3 is 4.42 Å². The SMILES string of the molecule is O=C(I)c1ccc2occc2c1. The minimum atomic E-state index is 0.0516. The number of carbonyl (C=O) groups is 1. The van der Waals surface area contributed by atoms with E-state index in [-0.39, 0.29) is 3.79 Å². The zero-order valence-electron chi connectivity index (χ0n) is 6.08. The van der Waals surface area contributed by atoms with E-state index in [2.05, 4.69) is 0 Å². The van der Waals surface area contributed by atoms with E-state index < -0.39 is 0 Å². The number of carbonyl (C=O) groups excluding carboxylic acids is 1. The van der Waals surface area contributed by atoms with Crippen molar-refractivity contribution >= 4 is 37.4 Å². The number of hydrogen-bond donors (Lipinski definition) is 0. The van der Waals surface area contributed by atoms with E-state index in [0.717, 1.165) is 11.0 Å². The molecule has 12 heavy (non-hydrogen) atoms. The molecule has 0 fully saturated rings. The third-order valence-electron chi connectivity index (χ3n) is 1.68. The van der Waals surface area contributed by atoms with Crippen LogP contribution in [0.1, 0.15) is 10.4 Å². The van der Waals surface area contributed by atoms with Crippen molar-refractivity contribution in [2.75, 3.05) is 0 Å². The summed E-state index contributed by atoms with van der Waals surface area (Å²) in [6.07, 6.45) is 1.62. The Morgan fingerprint density at radius 1 is 1.33 bits per heavy atom. The predicted octanol–water partition coefficient (Wildman–Crippen LogP) is 3.01. The number of benzene rings is 1. The molecule has 2 nitrogen and oxygen atoms in total. The van der Waals surface area contributed by atoms with E-state index in [1.54, 1.807) is 41.0 Å². The van der Waals surface area contributed by atoms with Crippen molar-refractivity contribution in [3.05, 3.63) is 36.1 Å². The van der Waals surface area contributed by atoms with Crippen LogP contribution in [-0.4, -0.2) is 3.79 Å². The largest absolute Gasteiger partial charge is 0.464 e. The molecule has 0 spiro atoms. The molecule has 0 aliphatic heterocycles. The zero-order chi connectivity index (χ0) is 8.55. The van der Waals surface area contributed by atoms with Crippen LogP contribution in [0.3, 0.4) is 0 Å². The van der Waals surface area contributed by atoms with Crippen LogP contribution in [0.15, 0.2) is 34.9 Å². The van der Waals surface area contributed by atoms with Gasteiger partial charge in [0.05, 0.1) is 6.26 Å². The normalized spacial score (nSPS) is 10.4. The van der Waals surface area contributed by atoms with Crippen LogP contribution in [0.25, 0.3) is 11.0 Å². The zero-order valence-corrected chi connectivity index (χ0v) is 8.24. The van der Waals surface area contributed by atoms with Crippen molar-refractivity contribution < 1.29 is 9.21 Å². The van der Waals surface area contributed by atoms with Gasteiger partial charge in [0, 0.05) is 33.5 Å². The molecule has 1 aromatic carbocycles. The molecule has 0 unspecified atom stereocenters. The van der Waals surface area contributed by atoms with Crippen LogP contribution in [-0.2, 0) is 0 Å². The summed E-state index contributed by atoms with van der Waals surface area (Å²) in [7, 11) is 0.